The number of hydrogen-bond donors (Lipinski definition) is 1. The molecule has 0 aliphatic rings. The van der Waals surface area contributed by atoms with Crippen molar-refractivity contribution >= 4 is 17.6 Å². The van der Waals surface area contributed by atoms with Gasteiger partial charge in [0.05, 0.1) is 18.2 Å². The fourth-order valence-electron chi connectivity index (χ4n) is 1.79. The van der Waals surface area contributed by atoms with Gasteiger partial charge in [0.1, 0.15) is 0 Å². The highest BCUT2D eigenvalue weighted by atomic mass is 19.1. The van der Waals surface area contributed by atoms with Crippen LogP contribution in [-0.4, -0.2) is 24.0 Å². The topological polar surface area (TPSA) is 68.3 Å². The molecule has 0 unspecified atom stereocenters. The summed E-state index contributed by atoms with van der Waals surface area (Å²) in [6.45, 7) is 1.72. The van der Waals surface area contributed by atoms with Crippen LogP contribution in [0.1, 0.15) is 26.3 Å². The Hall–Kier alpha value is -2.76. The van der Waals surface area contributed by atoms with Crippen LogP contribution < -0.4 is 5.32 Å². The number of aromatic nitrogens is 1. The first-order chi connectivity index (χ1) is 10.0. The Balaban J connectivity index is 2.22. The fraction of sp³-hybridized carbons (Fsp3) is 0.133. The Labute approximate surface area is 120 Å². The number of esters is 1. The van der Waals surface area contributed by atoms with Crippen LogP contribution >= 0.6 is 0 Å². The van der Waals surface area contributed by atoms with Gasteiger partial charge in [0, 0.05) is 11.9 Å². The summed E-state index contributed by atoms with van der Waals surface area (Å²) < 4.78 is 18.0. The van der Waals surface area contributed by atoms with Gasteiger partial charge >= 0.3 is 5.97 Å². The molecule has 2 aromatic rings. The van der Waals surface area contributed by atoms with Crippen molar-refractivity contribution in [2.24, 2.45) is 0 Å². The summed E-state index contributed by atoms with van der Waals surface area (Å²) in [5, 5.41) is 2.58. The molecule has 1 aromatic carbocycles. The minimum absolute atomic E-state index is 0.144. The first-order valence-electron chi connectivity index (χ1n) is 6.13. The largest absolute Gasteiger partial charge is 0.465 e. The first kappa shape index (κ1) is 14.6. The van der Waals surface area contributed by atoms with Gasteiger partial charge in [0.2, 0.25) is 5.95 Å². The van der Waals surface area contributed by atoms with Gasteiger partial charge in [0.15, 0.2) is 0 Å². The number of rotatable bonds is 3. The maximum atomic E-state index is 13.4. The maximum Gasteiger partial charge on any atom is 0.337 e. The number of pyridine rings is 1. The number of carbonyl (C=O) groups excluding carboxylic acids is 2. The predicted octanol–water partition coefficient (Wildman–Crippen LogP) is 2.57. The molecule has 6 heteroatoms. The number of amides is 1. The normalized spacial score (nSPS) is 10.0. The van der Waals surface area contributed by atoms with Gasteiger partial charge in [-0.1, -0.05) is 0 Å². The lowest BCUT2D eigenvalue weighted by Gasteiger charge is -2.10. The van der Waals surface area contributed by atoms with Gasteiger partial charge in [-0.15, -0.1) is 0 Å². The molecule has 21 heavy (non-hydrogen) atoms. The summed E-state index contributed by atoms with van der Waals surface area (Å²) in [7, 11) is 1.29. The van der Waals surface area contributed by atoms with Crippen molar-refractivity contribution in [1.82, 2.24) is 4.98 Å². The average molecular weight is 288 g/mol. The van der Waals surface area contributed by atoms with E-state index in [0.717, 1.165) is 0 Å². The van der Waals surface area contributed by atoms with Gasteiger partial charge in [0.25, 0.3) is 5.91 Å². The average Bonchev–Trinajstić information content (AvgIpc) is 2.48. The van der Waals surface area contributed by atoms with Crippen molar-refractivity contribution in [3.8, 4) is 0 Å². The number of hydrogen-bond acceptors (Lipinski definition) is 4. The fourth-order valence-corrected chi connectivity index (χ4v) is 1.79. The van der Waals surface area contributed by atoms with Gasteiger partial charge in [-0.05, 0) is 42.8 Å². The Morgan fingerprint density at radius 3 is 2.67 bits per heavy atom. The van der Waals surface area contributed by atoms with E-state index in [1.165, 1.54) is 31.5 Å². The monoisotopic (exact) mass is 288 g/mol. The van der Waals surface area contributed by atoms with Crippen LogP contribution in [0.15, 0.2) is 36.5 Å². The summed E-state index contributed by atoms with van der Waals surface area (Å²) in [6, 6.07) is 7.49. The highest BCUT2D eigenvalue weighted by Gasteiger charge is 2.14. The second-order valence-corrected chi connectivity index (χ2v) is 4.32. The van der Waals surface area contributed by atoms with Crippen LogP contribution in [0, 0.1) is 12.9 Å². The molecule has 1 aromatic heterocycles. The lowest BCUT2D eigenvalue weighted by atomic mass is 10.1. The Bertz CT molecular complexity index is 701. The standard InChI is InChI=1S/C15H13FN2O3/c1-9-8-10(15(20)21-2)5-6-12(9)18-14(19)11-4-3-7-17-13(11)16/h3-8H,1-2H3,(H,18,19). The summed E-state index contributed by atoms with van der Waals surface area (Å²) in [6.07, 6.45) is 1.27. The number of aryl methyl sites for hydroxylation is 1. The maximum absolute atomic E-state index is 13.4. The molecule has 0 aliphatic carbocycles. The second kappa shape index (κ2) is 6.13. The van der Waals surface area contributed by atoms with Gasteiger partial charge in [-0.3, -0.25) is 4.79 Å². The number of benzene rings is 1. The van der Waals surface area contributed by atoms with Crippen molar-refractivity contribution in [3.05, 3.63) is 59.2 Å². The molecule has 1 heterocycles. The van der Waals surface area contributed by atoms with E-state index in [1.54, 1.807) is 19.1 Å². The molecule has 108 valence electrons. The highest BCUT2D eigenvalue weighted by molar-refractivity contribution is 6.04. The van der Waals surface area contributed by atoms with Crippen LogP contribution in [0.2, 0.25) is 0 Å². The number of ether oxygens (including phenoxy) is 1. The minimum atomic E-state index is -0.834. The molecular formula is C15H13FN2O3. The van der Waals surface area contributed by atoms with Crippen LogP contribution in [0.3, 0.4) is 0 Å². The molecule has 0 bridgehead atoms. The van der Waals surface area contributed by atoms with Crippen molar-refractivity contribution in [2.45, 2.75) is 6.92 Å². The molecule has 0 atom stereocenters. The lowest BCUT2D eigenvalue weighted by Crippen LogP contribution is -2.15. The zero-order valence-corrected chi connectivity index (χ0v) is 11.5. The number of carbonyl (C=O) groups is 2. The molecule has 0 aliphatic heterocycles. The van der Waals surface area contributed by atoms with Gasteiger partial charge in [-0.25, -0.2) is 9.78 Å². The second-order valence-electron chi connectivity index (χ2n) is 4.32. The van der Waals surface area contributed by atoms with E-state index in [-0.39, 0.29) is 5.56 Å². The van der Waals surface area contributed by atoms with E-state index in [1.807, 2.05) is 0 Å². The molecule has 0 radical (unpaired) electrons. The predicted molar refractivity (Wildman–Crippen MR) is 74.7 cm³/mol. The molecule has 0 saturated heterocycles. The lowest BCUT2D eigenvalue weighted by molar-refractivity contribution is 0.0600. The smallest absolute Gasteiger partial charge is 0.337 e. The summed E-state index contributed by atoms with van der Waals surface area (Å²) in [5.74, 6) is -1.90. The third-order valence-electron chi connectivity index (χ3n) is 2.90. The van der Waals surface area contributed by atoms with Crippen LogP contribution in [0.25, 0.3) is 0 Å². The Kier molecular flexibility index (Phi) is 4.27. The Morgan fingerprint density at radius 2 is 2.05 bits per heavy atom. The van der Waals surface area contributed by atoms with E-state index >= 15 is 0 Å². The number of methoxy groups -OCH3 is 1. The summed E-state index contributed by atoms with van der Waals surface area (Å²) in [4.78, 5) is 26.8. The quantitative estimate of drug-likeness (QED) is 0.696. The van der Waals surface area contributed by atoms with Crippen LogP contribution in [0.4, 0.5) is 10.1 Å². The van der Waals surface area contributed by atoms with Crippen LogP contribution in [-0.2, 0) is 4.74 Å². The van der Waals surface area contributed by atoms with E-state index in [9.17, 15) is 14.0 Å². The van der Waals surface area contributed by atoms with Crippen LogP contribution in [0.5, 0.6) is 0 Å². The van der Waals surface area contributed by atoms with Crippen molar-refractivity contribution in [3.63, 3.8) is 0 Å². The molecule has 0 spiro atoms. The van der Waals surface area contributed by atoms with E-state index in [4.69, 9.17) is 0 Å². The Morgan fingerprint density at radius 1 is 1.29 bits per heavy atom. The minimum Gasteiger partial charge on any atom is -0.465 e. The summed E-state index contributed by atoms with van der Waals surface area (Å²) in [5.41, 5.74) is 1.38. The summed E-state index contributed by atoms with van der Waals surface area (Å²) >= 11 is 0. The molecule has 0 fully saturated rings. The number of halogens is 1. The van der Waals surface area contributed by atoms with E-state index < -0.39 is 17.8 Å². The van der Waals surface area contributed by atoms with Crippen molar-refractivity contribution in [2.75, 3.05) is 12.4 Å². The zero-order valence-electron chi connectivity index (χ0n) is 11.5. The molecule has 5 nitrogen and oxygen atoms in total. The third-order valence-corrected chi connectivity index (χ3v) is 2.90. The first-order valence-corrected chi connectivity index (χ1v) is 6.13. The highest BCUT2D eigenvalue weighted by Crippen LogP contribution is 2.18. The number of nitrogens with one attached hydrogen (secondary N) is 1. The molecular weight excluding hydrogens is 275 g/mol. The number of anilines is 1. The van der Waals surface area contributed by atoms with E-state index in [2.05, 4.69) is 15.0 Å². The van der Waals surface area contributed by atoms with Crippen molar-refractivity contribution in [1.29, 1.82) is 0 Å². The van der Waals surface area contributed by atoms with Crippen molar-refractivity contribution < 1.29 is 18.7 Å². The van der Waals surface area contributed by atoms with Gasteiger partial charge in [-0.2, -0.15) is 4.39 Å². The molecule has 1 amide bonds. The third kappa shape index (κ3) is 3.22. The van der Waals surface area contributed by atoms with E-state index in [0.29, 0.717) is 16.8 Å². The molecule has 1 N–H and O–H groups in total. The number of nitrogens with zero attached hydrogens (tertiary/aromatic N) is 1. The zero-order chi connectivity index (χ0) is 15.4. The van der Waals surface area contributed by atoms with Gasteiger partial charge < -0.3 is 10.1 Å². The molecule has 2 rings (SSSR count). The SMILES string of the molecule is COC(=O)c1ccc(NC(=O)c2cccnc2F)c(C)c1. The molecule has 0 saturated carbocycles.